The summed E-state index contributed by atoms with van der Waals surface area (Å²) in [5.41, 5.74) is 1.23. The molecule has 2 rings (SSSR count). The largest absolute Gasteiger partial charge is 0.459 e. The lowest BCUT2D eigenvalue weighted by Crippen LogP contribution is -2.24. The lowest BCUT2D eigenvalue weighted by molar-refractivity contribution is 0.0996. The summed E-state index contributed by atoms with van der Waals surface area (Å²) in [6.07, 6.45) is 2.16. The predicted octanol–water partition coefficient (Wildman–Crippen LogP) is 2.53. The molecule has 0 fully saturated rings. The van der Waals surface area contributed by atoms with Gasteiger partial charge in [0.05, 0.1) is 11.2 Å². The third-order valence-electron chi connectivity index (χ3n) is 3.03. The van der Waals surface area contributed by atoms with Gasteiger partial charge in [-0.05, 0) is 43.7 Å². The van der Waals surface area contributed by atoms with E-state index in [0.717, 1.165) is 12.0 Å². The topological polar surface area (TPSA) is 88.4 Å². The van der Waals surface area contributed by atoms with Crippen LogP contribution in [0, 0.1) is 6.92 Å². The van der Waals surface area contributed by atoms with Crippen LogP contribution in [-0.4, -0.2) is 20.9 Å². The molecule has 1 aromatic heterocycles. The maximum absolute atomic E-state index is 12.0. The Labute approximate surface area is 129 Å². The zero-order chi connectivity index (χ0) is 16.2. The van der Waals surface area contributed by atoms with Crippen LogP contribution < -0.4 is 10.0 Å². The van der Waals surface area contributed by atoms with Gasteiger partial charge < -0.3 is 9.73 Å². The minimum absolute atomic E-state index is 0.160. The summed E-state index contributed by atoms with van der Waals surface area (Å²) in [7, 11) is -3.50. The van der Waals surface area contributed by atoms with Crippen LogP contribution in [0.4, 0.5) is 5.69 Å². The molecule has 0 saturated heterocycles. The number of carbonyl (C=O) groups is 1. The van der Waals surface area contributed by atoms with Gasteiger partial charge in [-0.3, -0.25) is 4.79 Å². The van der Waals surface area contributed by atoms with E-state index < -0.39 is 10.0 Å². The Morgan fingerprint density at radius 1 is 1.18 bits per heavy atom. The molecule has 0 aliphatic heterocycles. The van der Waals surface area contributed by atoms with Crippen molar-refractivity contribution in [2.75, 3.05) is 11.9 Å². The number of carbonyl (C=O) groups excluding carboxylic acids is 1. The number of amides is 1. The monoisotopic (exact) mass is 322 g/mol. The van der Waals surface area contributed by atoms with Crippen molar-refractivity contribution in [2.24, 2.45) is 0 Å². The van der Waals surface area contributed by atoms with Gasteiger partial charge in [0.25, 0.3) is 5.91 Å². The summed E-state index contributed by atoms with van der Waals surface area (Å²) >= 11 is 0. The number of hydrogen-bond donors (Lipinski definition) is 2. The first kappa shape index (κ1) is 16.3. The van der Waals surface area contributed by atoms with Crippen LogP contribution in [0.3, 0.4) is 0 Å². The average Bonchev–Trinajstić information content (AvgIpc) is 2.92. The molecule has 6 nitrogen and oxygen atoms in total. The van der Waals surface area contributed by atoms with E-state index in [2.05, 4.69) is 10.0 Å². The summed E-state index contributed by atoms with van der Waals surface area (Å²) in [5, 5.41) is 2.66. The Bertz CT molecular complexity index is 748. The lowest BCUT2D eigenvalue weighted by Gasteiger charge is -2.07. The number of furan rings is 1. The second-order valence-corrected chi connectivity index (χ2v) is 6.58. The molecule has 0 aliphatic carbocycles. The zero-order valence-corrected chi connectivity index (χ0v) is 13.2. The fraction of sp³-hybridized carbons (Fsp3) is 0.267. The highest BCUT2D eigenvalue weighted by Gasteiger charge is 2.15. The molecule has 2 N–H and O–H groups in total. The van der Waals surface area contributed by atoms with Crippen LogP contribution in [-0.2, 0) is 10.0 Å². The van der Waals surface area contributed by atoms with Crippen LogP contribution in [0.25, 0.3) is 0 Å². The Hall–Kier alpha value is -2.12. The first-order valence-electron chi connectivity index (χ1n) is 6.89. The molecule has 7 heteroatoms. The average molecular weight is 322 g/mol. The van der Waals surface area contributed by atoms with Gasteiger partial charge in [0.1, 0.15) is 0 Å². The van der Waals surface area contributed by atoms with E-state index in [4.69, 9.17) is 4.42 Å². The van der Waals surface area contributed by atoms with Crippen molar-refractivity contribution < 1.29 is 17.6 Å². The summed E-state index contributed by atoms with van der Waals surface area (Å²) in [5.74, 6) is -0.136. The quantitative estimate of drug-likeness (QED) is 0.855. The fourth-order valence-corrected chi connectivity index (χ4v) is 2.96. The van der Waals surface area contributed by atoms with Crippen molar-refractivity contribution in [3.8, 4) is 0 Å². The van der Waals surface area contributed by atoms with E-state index in [1.165, 1.54) is 30.5 Å². The molecule has 0 spiro atoms. The highest BCUT2D eigenvalue weighted by atomic mass is 32.2. The first-order chi connectivity index (χ1) is 10.4. The lowest BCUT2D eigenvalue weighted by atomic mass is 10.2. The molecule has 0 aliphatic rings. The normalized spacial score (nSPS) is 11.4. The van der Waals surface area contributed by atoms with Crippen molar-refractivity contribution in [3.05, 3.63) is 47.9 Å². The molecule has 1 aromatic carbocycles. The maximum Gasteiger partial charge on any atom is 0.291 e. The van der Waals surface area contributed by atoms with E-state index in [-0.39, 0.29) is 16.6 Å². The van der Waals surface area contributed by atoms with Crippen molar-refractivity contribution in [1.29, 1.82) is 0 Å². The summed E-state index contributed by atoms with van der Waals surface area (Å²) in [4.78, 5) is 12.1. The maximum atomic E-state index is 12.0. The summed E-state index contributed by atoms with van der Waals surface area (Å²) < 4.78 is 31.5. The van der Waals surface area contributed by atoms with E-state index in [1.807, 2.05) is 6.92 Å². The standard InChI is InChI=1S/C15H18N2O4S/c1-3-9-16-22(19,20)13-6-4-12(5-7-13)17-15(18)14-11(2)8-10-21-14/h4-8,10,16H,3,9H2,1-2H3,(H,17,18). The Morgan fingerprint density at radius 3 is 2.41 bits per heavy atom. The number of hydrogen-bond acceptors (Lipinski definition) is 4. The van der Waals surface area contributed by atoms with Gasteiger partial charge in [-0.15, -0.1) is 0 Å². The van der Waals surface area contributed by atoms with Gasteiger partial charge in [0.2, 0.25) is 10.0 Å². The number of anilines is 1. The molecule has 0 saturated carbocycles. The Morgan fingerprint density at radius 2 is 1.86 bits per heavy atom. The number of rotatable bonds is 6. The highest BCUT2D eigenvalue weighted by Crippen LogP contribution is 2.16. The summed E-state index contributed by atoms with van der Waals surface area (Å²) in [6.45, 7) is 4.05. The van der Waals surface area contributed by atoms with Crippen LogP contribution in [0.1, 0.15) is 29.5 Å². The number of benzene rings is 1. The van der Waals surface area contributed by atoms with Crippen LogP contribution >= 0.6 is 0 Å². The van der Waals surface area contributed by atoms with Gasteiger partial charge in [0, 0.05) is 17.8 Å². The predicted molar refractivity (Wildman–Crippen MR) is 83.3 cm³/mol. The van der Waals surface area contributed by atoms with Crippen molar-refractivity contribution in [3.63, 3.8) is 0 Å². The van der Waals surface area contributed by atoms with E-state index in [0.29, 0.717) is 12.2 Å². The molecule has 0 radical (unpaired) electrons. The number of sulfonamides is 1. The molecular weight excluding hydrogens is 304 g/mol. The minimum atomic E-state index is -3.50. The molecule has 0 atom stereocenters. The molecule has 1 amide bonds. The molecular formula is C15H18N2O4S. The van der Waals surface area contributed by atoms with Crippen molar-refractivity contribution in [1.82, 2.24) is 4.72 Å². The molecule has 0 unspecified atom stereocenters. The summed E-state index contributed by atoms with van der Waals surface area (Å²) in [6, 6.07) is 7.67. The van der Waals surface area contributed by atoms with Gasteiger partial charge in [-0.1, -0.05) is 6.92 Å². The van der Waals surface area contributed by atoms with Crippen molar-refractivity contribution in [2.45, 2.75) is 25.2 Å². The van der Waals surface area contributed by atoms with E-state index in [9.17, 15) is 13.2 Å². The molecule has 0 bridgehead atoms. The van der Waals surface area contributed by atoms with Crippen LogP contribution in [0.5, 0.6) is 0 Å². The van der Waals surface area contributed by atoms with Crippen LogP contribution in [0.15, 0.2) is 45.9 Å². The number of nitrogens with one attached hydrogen (secondary N) is 2. The van der Waals surface area contributed by atoms with E-state index >= 15 is 0 Å². The van der Waals surface area contributed by atoms with Gasteiger partial charge in [0.15, 0.2) is 5.76 Å². The van der Waals surface area contributed by atoms with Gasteiger partial charge in [-0.2, -0.15) is 0 Å². The molecule has 118 valence electrons. The molecule has 2 aromatic rings. The second kappa shape index (κ2) is 6.76. The smallest absolute Gasteiger partial charge is 0.291 e. The minimum Gasteiger partial charge on any atom is -0.459 e. The molecule has 1 heterocycles. The van der Waals surface area contributed by atoms with E-state index in [1.54, 1.807) is 13.0 Å². The highest BCUT2D eigenvalue weighted by molar-refractivity contribution is 7.89. The van der Waals surface area contributed by atoms with Gasteiger partial charge >= 0.3 is 0 Å². The van der Waals surface area contributed by atoms with Crippen molar-refractivity contribution >= 4 is 21.6 Å². The second-order valence-electron chi connectivity index (χ2n) is 4.81. The Balaban J connectivity index is 2.09. The third-order valence-corrected chi connectivity index (χ3v) is 4.51. The third kappa shape index (κ3) is 3.75. The zero-order valence-electron chi connectivity index (χ0n) is 12.4. The van der Waals surface area contributed by atoms with Gasteiger partial charge in [-0.25, -0.2) is 13.1 Å². The SMILES string of the molecule is CCCNS(=O)(=O)c1ccc(NC(=O)c2occc2C)cc1. The fourth-order valence-electron chi connectivity index (χ4n) is 1.83. The first-order valence-corrected chi connectivity index (χ1v) is 8.37. The van der Waals surface area contributed by atoms with Crippen LogP contribution in [0.2, 0.25) is 0 Å². The Kier molecular flexibility index (Phi) is 4.99. The molecule has 22 heavy (non-hydrogen) atoms. The number of aryl methyl sites for hydroxylation is 1.